The molecule has 3 fully saturated rings. The van der Waals surface area contributed by atoms with Crippen molar-refractivity contribution < 1.29 is 4.79 Å². The van der Waals surface area contributed by atoms with Gasteiger partial charge in [-0.2, -0.15) is 0 Å². The van der Waals surface area contributed by atoms with Gasteiger partial charge in [0.25, 0.3) is 0 Å². The van der Waals surface area contributed by atoms with Crippen molar-refractivity contribution >= 4 is 17.4 Å². The van der Waals surface area contributed by atoms with Crippen molar-refractivity contribution in [2.45, 2.75) is 12.8 Å². The highest BCUT2D eigenvalue weighted by atomic mass is 35.5. The molecule has 90 valence electrons. The summed E-state index contributed by atoms with van der Waals surface area (Å²) < 4.78 is 0. The fraction of sp³-hybridized carbons (Fsp3) is 0.500. The van der Waals surface area contributed by atoms with Gasteiger partial charge in [-0.15, -0.1) is 0 Å². The third kappa shape index (κ3) is 2.00. The van der Waals surface area contributed by atoms with E-state index in [1.807, 2.05) is 18.2 Å². The number of carbonyl (C=O) groups is 1. The van der Waals surface area contributed by atoms with Crippen LogP contribution in [-0.2, 0) is 0 Å². The van der Waals surface area contributed by atoms with Gasteiger partial charge in [0.1, 0.15) is 0 Å². The molecule has 1 unspecified atom stereocenters. The first-order valence-corrected chi connectivity index (χ1v) is 6.64. The maximum Gasteiger partial charge on any atom is 0.168 e. The summed E-state index contributed by atoms with van der Waals surface area (Å²) in [5.74, 6) is 0.978. The lowest BCUT2D eigenvalue weighted by Gasteiger charge is -2.44. The van der Waals surface area contributed by atoms with Crippen LogP contribution in [0.3, 0.4) is 0 Å². The maximum absolute atomic E-state index is 12.5. The predicted octanol–water partition coefficient (Wildman–Crippen LogP) is 2.86. The zero-order valence-electron chi connectivity index (χ0n) is 9.73. The van der Waals surface area contributed by atoms with E-state index in [4.69, 9.17) is 11.6 Å². The topological polar surface area (TPSA) is 20.3 Å². The number of ketones is 1. The molecule has 1 atom stereocenters. The zero-order chi connectivity index (χ0) is 11.8. The van der Waals surface area contributed by atoms with Gasteiger partial charge in [-0.1, -0.05) is 23.7 Å². The molecule has 0 N–H and O–H groups in total. The van der Waals surface area contributed by atoms with E-state index in [9.17, 15) is 4.79 Å². The number of benzene rings is 1. The summed E-state index contributed by atoms with van der Waals surface area (Å²) in [6.45, 7) is 3.25. The minimum absolute atomic E-state index is 0.164. The molecule has 3 aliphatic heterocycles. The second-order valence-corrected chi connectivity index (χ2v) is 5.50. The standard InChI is InChI=1S/C14H16ClNO/c15-13-4-2-1-3-11(13)14(17)12-9-16-7-5-10(12)6-8-16/h1-4,10,12H,5-9H2. The third-order valence-electron chi connectivity index (χ3n) is 4.13. The molecule has 0 amide bonds. The van der Waals surface area contributed by atoms with Crippen molar-refractivity contribution in [3.8, 4) is 0 Å². The van der Waals surface area contributed by atoms with E-state index in [1.54, 1.807) is 6.07 Å². The van der Waals surface area contributed by atoms with Gasteiger partial charge < -0.3 is 4.90 Å². The second-order valence-electron chi connectivity index (χ2n) is 5.09. The molecule has 2 bridgehead atoms. The third-order valence-corrected chi connectivity index (χ3v) is 4.46. The highest BCUT2D eigenvalue weighted by molar-refractivity contribution is 6.34. The molecule has 17 heavy (non-hydrogen) atoms. The van der Waals surface area contributed by atoms with E-state index in [2.05, 4.69) is 4.90 Å². The Morgan fingerprint density at radius 1 is 1.24 bits per heavy atom. The van der Waals surface area contributed by atoms with Crippen LogP contribution in [0.2, 0.25) is 5.02 Å². The van der Waals surface area contributed by atoms with Crippen molar-refractivity contribution in [2.75, 3.05) is 19.6 Å². The minimum Gasteiger partial charge on any atom is -0.303 e. The summed E-state index contributed by atoms with van der Waals surface area (Å²) in [4.78, 5) is 14.9. The van der Waals surface area contributed by atoms with Crippen molar-refractivity contribution in [3.05, 3.63) is 34.9 Å². The van der Waals surface area contributed by atoms with Crippen LogP contribution in [0.25, 0.3) is 0 Å². The lowest BCUT2D eigenvalue weighted by molar-refractivity contribution is 0.0419. The lowest BCUT2D eigenvalue weighted by atomic mass is 9.75. The minimum atomic E-state index is 0.164. The summed E-state index contributed by atoms with van der Waals surface area (Å²) in [5, 5.41) is 0.592. The second kappa shape index (κ2) is 4.43. The fourth-order valence-corrected chi connectivity index (χ4v) is 3.35. The van der Waals surface area contributed by atoms with Crippen LogP contribution < -0.4 is 0 Å². The van der Waals surface area contributed by atoms with Crippen LogP contribution in [-0.4, -0.2) is 30.3 Å². The van der Waals surface area contributed by atoms with Crippen molar-refractivity contribution in [1.29, 1.82) is 0 Å². The molecule has 3 heteroatoms. The van der Waals surface area contributed by atoms with Crippen molar-refractivity contribution in [2.24, 2.45) is 11.8 Å². The summed E-state index contributed by atoms with van der Waals surface area (Å²) in [7, 11) is 0. The molecule has 4 rings (SSSR count). The Morgan fingerprint density at radius 3 is 2.53 bits per heavy atom. The molecular formula is C14H16ClNO. The first kappa shape index (κ1) is 11.2. The molecular weight excluding hydrogens is 234 g/mol. The van der Waals surface area contributed by atoms with Gasteiger partial charge in [0.05, 0.1) is 5.02 Å². The summed E-state index contributed by atoms with van der Waals surface area (Å²) >= 11 is 6.11. The van der Waals surface area contributed by atoms with E-state index < -0.39 is 0 Å². The number of hydrogen-bond donors (Lipinski definition) is 0. The Labute approximate surface area is 107 Å². The van der Waals surface area contributed by atoms with E-state index in [0.29, 0.717) is 16.5 Å². The fourth-order valence-electron chi connectivity index (χ4n) is 3.12. The Morgan fingerprint density at radius 2 is 1.94 bits per heavy atom. The molecule has 0 radical (unpaired) electrons. The number of fused-ring (bicyclic) bond motifs is 3. The van der Waals surface area contributed by atoms with E-state index >= 15 is 0 Å². The molecule has 0 aromatic heterocycles. The number of Topliss-reactive ketones (excluding diaryl/α,β-unsaturated/α-hetero) is 1. The Kier molecular flexibility index (Phi) is 2.93. The predicted molar refractivity (Wildman–Crippen MR) is 68.4 cm³/mol. The Balaban J connectivity index is 1.85. The average Bonchev–Trinajstić information content (AvgIpc) is 2.40. The monoisotopic (exact) mass is 249 g/mol. The number of hydrogen-bond acceptors (Lipinski definition) is 2. The van der Waals surface area contributed by atoms with Gasteiger partial charge in [-0.05, 0) is 44.0 Å². The molecule has 0 saturated carbocycles. The largest absolute Gasteiger partial charge is 0.303 e. The normalized spacial score (nSPS) is 31.5. The molecule has 3 saturated heterocycles. The van der Waals surface area contributed by atoms with Gasteiger partial charge >= 0.3 is 0 Å². The zero-order valence-corrected chi connectivity index (χ0v) is 10.5. The van der Waals surface area contributed by atoms with Crippen molar-refractivity contribution in [3.63, 3.8) is 0 Å². The van der Waals surface area contributed by atoms with Crippen LogP contribution in [0.4, 0.5) is 0 Å². The lowest BCUT2D eigenvalue weighted by Crippen LogP contribution is -2.50. The Hall–Kier alpha value is -0.860. The summed E-state index contributed by atoms with van der Waals surface area (Å²) in [5.41, 5.74) is 0.702. The van der Waals surface area contributed by atoms with Crippen LogP contribution in [0, 0.1) is 11.8 Å². The number of rotatable bonds is 2. The number of carbonyl (C=O) groups excluding carboxylic acids is 1. The maximum atomic E-state index is 12.5. The summed E-state index contributed by atoms with van der Waals surface area (Å²) in [6.07, 6.45) is 2.34. The van der Waals surface area contributed by atoms with Gasteiger partial charge in [-0.25, -0.2) is 0 Å². The van der Waals surface area contributed by atoms with Crippen LogP contribution >= 0.6 is 11.6 Å². The van der Waals surface area contributed by atoms with Gasteiger partial charge in [0.2, 0.25) is 0 Å². The number of halogens is 1. The highest BCUT2D eigenvalue weighted by Gasteiger charge is 2.38. The first-order chi connectivity index (χ1) is 8.25. The van der Waals surface area contributed by atoms with Crippen molar-refractivity contribution in [1.82, 2.24) is 4.90 Å². The Bertz CT molecular complexity index is 438. The SMILES string of the molecule is O=C(c1ccccc1Cl)C1CN2CCC1CC2. The van der Waals surface area contributed by atoms with Crippen LogP contribution in [0.15, 0.2) is 24.3 Å². The molecule has 1 aromatic rings. The highest BCUT2D eigenvalue weighted by Crippen LogP contribution is 2.35. The average molecular weight is 250 g/mol. The molecule has 1 aromatic carbocycles. The van der Waals surface area contributed by atoms with Gasteiger partial charge in [0, 0.05) is 18.0 Å². The molecule has 0 aliphatic carbocycles. The number of piperidine rings is 3. The van der Waals surface area contributed by atoms with Gasteiger partial charge in [-0.3, -0.25) is 4.79 Å². The molecule has 3 heterocycles. The first-order valence-electron chi connectivity index (χ1n) is 6.27. The molecule has 3 aliphatic rings. The van der Waals surface area contributed by atoms with Crippen LogP contribution in [0.1, 0.15) is 23.2 Å². The summed E-state index contributed by atoms with van der Waals surface area (Å²) in [6, 6.07) is 7.41. The van der Waals surface area contributed by atoms with E-state index in [1.165, 1.54) is 12.8 Å². The van der Waals surface area contributed by atoms with Crippen LogP contribution in [0.5, 0.6) is 0 Å². The van der Waals surface area contributed by atoms with E-state index in [0.717, 1.165) is 19.6 Å². The van der Waals surface area contributed by atoms with Gasteiger partial charge in [0.15, 0.2) is 5.78 Å². The molecule has 2 nitrogen and oxygen atoms in total. The van der Waals surface area contributed by atoms with E-state index in [-0.39, 0.29) is 11.7 Å². The quantitative estimate of drug-likeness (QED) is 0.752. The molecule has 0 spiro atoms. The number of nitrogens with zero attached hydrogens (tertiary/aromatic N) is 1. The smallest absolute Gasteiger partial charge is 0.168 e.